The molecule has 1 aliphatic heterocycles. The van der Waals surface area contributed by atoms with Gasteiger partial charge in [0, 0.05) is 26.2 Å². The van der Waals surface area contributed by atoms with Crippen LogP contribution in [0.3, 0.4) is 0 Å². The highest BCUT2D eigenvalue weighted by atomic mass is 16.5. The molecule has 0 unspecified atom stereocenters. The molecule has 1 saturated heterocycles. The number of carbonyl (C=O) groups is 1. The van der Waals surface area contributed by atoms with Gasteiger partial charge in [0.15, 0.2) is 0 Å². The summed E-state index contributed by atoms with van der Waals surface area (Å²) in [6, 6.07) is 0. The maximum absolute atomic E-state index is 11.9. The fourth-order valence-corrected chi connectivity index (χ4v) is 2.33. The van der Waals surface area contributed by atoms with Crippen LogP contribution in [0.4, 0.5) is 0 Å². The predicted molar refractivity (Wildman–Crippen MR) is 78.3 cm³/mol. The van der Waals surface area contributed by atoms with E-state index in [2.05, 4.69) is 12.2 Å². The van der Waals surface area contributed by atoms with Gasteiger partial charge in [-0.2, -0.15) is 0 Å². The Morgan fingerprint density at radius 2 is 1.89 bits per heavy atom. The van der Waals surface area contributed by atoms with Crippen LogP contribution in [0.5, 0.6) is 0 Å². The van der Waals surface area contributed by atoms with Gasteiger partial charge in [-0.25, -0.2) is 0 Å². The molecule has 1 rings (SSSR count). The molecular formula is C15H30N2O2. The second-order valence-electron chi connectivity index (χ2n) is 5.30. The average molecular weight is 270 g/mol. The fraction of sp³-hybridized carbons (Fsp3) is 0.933. The lowest BCUT2D eigenvalue weighted by Crippen LogP contribution is -2.36. The minimum Gasteiger partial charge on any atom is -0.372 e. The van der Waals surface area contributed by atoms with E-state index in [9.17, 15) is 4.79 Å². The van der Waals surface area contributed by atoms with E-state index in [0.29, 0.717) is 0 Å². The molecular weight excluding hydrogens is 240 g/mol. The molecule has 0 aromatic carbocycles. The van der Waals surface area contributed by atoms with Crippen LogP contribution in [0, 0.1) is 0 Å². The Morgan fingerprint density at radius 3 is 2.74 bits per heavy atom. The smallest absolute Gasteiger partial charge is 0.248 e. The number of nitrogens with one attached hydrogen (secondary N) is 1. The Hall–Kier alpha value is -0.610. The third kappa shape index (κ3) is 8.22. The molecule has 0 aromatic heterocycles. The summed E-state index contributed by atoms with van der Waals surface area (Å²) < 4.78 is 5.48. The summed E-state index contributed by atoms with van der Waals surface area (Å²) in [6.07, 6.45) is 8.60. The normalized spacial score (nSPS) is 16.4. The van der Waals surface area contributed by atoms with Crippen molar-refractivity contribution in [2.75, 3.05) is 39.4 Å². The summed E-state index contributed by atoms with van der Waals surface area (Å²) in [7, 11) is 0. The van der Waals surface area contributed by atoms with Gasteiger partial charge >= 0.3 is 0 Å². The highest BCUT2D eigenvalue weighted by Gasteiger charge is 2.14. The minimum atomic E-state index is 0.148. The van der Waals surface area contributed by atoms with Crippen LogP contribution in [-0.2, 0) is 9.53 Å². The third-order valence-corrected chi connectivity index (χ3v) is 3.56. The van der Waals surface area contributed by atoms with Gasteiger partial charge in [0.05, 0.1) is 0 Å². The molecule has 0 atom stereocenters. The van der Waals surface area contributed by atoms with Gasteiger partial charge in [-0.15, -0.1) is 0 Å². The molecule has 0 saturated carbocycles. The lowest BCUT2D eigenvalue weighted by Gasteiger charge is -2.19. The second-order valence-corrected chi connectivity index (χ2v) is 5.30. The molecule has 1 amide bonds. The first-order valence-corrected chi connectivity index (χ1v) is 7.91. The molecule has 112 valence electrons. The molecule has 0 aliphatic carbocycles. The molecule has 0 spiro atoms. The molecule has 1 N–H and O–H groups in total. The zero-order valence-corrected chi connectivity index (χ0v) is 12.5. The van der Waals surface area contributed by atoms with Crippen LogP contribution in [0.15, 0.2) is 0 Å². The molecule has 1 fully saturated rings. The van der Waals surface area contributed by atoms with Crippen molar-refractivity contribution in [1.29, 1.82) is 0 Å². The van der Waals surface area contributed by atoms with E-state index < -0.39 is 0 Å². The second kappa shape index (κ2) is 11.2. The number of carbonyl (C=O) groups excluding carboxylic acids is 1. The first-order chi connectivity index (χ1) is 9.34. The standard InChI is InChI=1S/C15H30N2O2/c1-2-3-4-5-6-7-13-19-14-15(18)17-11-8-9-16-10-12-17/h16H,2-14H2,1H3. The predicted octanol–water partition coefficient (Wildman–Crippen LogP) is 2.19. The average Bonchev–Trinajstić information content (AvgIpc) is 2.70. The van der Waals surface area contributed by atoms with E-state index in [-0.39, 0.29) is 12.5 Å². The van der Waals surface area contributed by atoms with Gasteiger partial charge in [-0.05, 0) is 19.4 Å². The minimum absolute atomic E-state index is 0.148. The Labute approximate surface area is 117 Å². The van der Waals surface area contributed by atoms with Crippen molar-refractivity contribution < 1.29 is 9.53 Å². The van der Waals surface area contributed by atoms with E-state index in [0.717, 1.165) is 45.6 Å². The maximum atomic E-state index is 11.9. The SMILES string of the molecule is CCCCCCCCOCC(=O)N1CCCNCC1. The first-order valence-electron chi connectivity index (χ1n) is 7.91. The van der Waals surface area contributed by atoms with Gasteiger partial charge in [0.25, 0.3) is 0 Å². The Bertz CT molecular complexity index is 226. The maximum Gasteiger partial charge on any atom is 0.248 e. The van der Waals surface area contributed by atoms with Crippen LogP contribution >= 0.6 is 0 Å². The number of nitrogens with zero attached hydrogens (tertiary/aromatic N) is 1. The Kier molecular flexibility index (Phi) is 9.72. The zero-order valence-electron chi connectivity index (χ0n) is 12.5. The summed E-state index contributed by atoms with van der Waals surface area (Å²) >= 11 is 0. The van der Waals surface area contributed by atoms with E-state index in [1.54, 1.807) is 0 Å². The summed E-state index contributed by atoms with van der Waals surface area (Å²) in [4.78, 5) is 13.8. The monoisotopic (exact) mass is 270 g/mol. The first kappa shape index (κ1) is 16.4. The molecule has 0 aromatic rings. The van der Waals surface area contributed by atoms with Crippen molar-refractivity contribution in [1.82, 2.24) is 10.2 Å². The molecule has 4 nitrogen and oxygen atoms in total. The van der Waals surface area contributed by atoms with Gasteiger partial charge in [-0.1, -0.05) is 39.0 Å². The van der Waals surface area contributed by atoms with E-state index in [1.165, 1.54) is 32.1 Å². The van der Waals surface area contributed by atoms with Crippen molar-refractivity contribution in [2.45, 2.75) is 51.9 Å². The molecule has 0 radical (unpaired) electrons. The largest absolute Gasteiger partial charge is 0.372 e. The lowest BCUT2D eigenvalue weighted by atomic mass is 10.1. The third-order valence-electron chi connectivity index (χ3n) is 3.56. The lowest BCUT2D eigenvalue weighted by molar-refractivity contribution is -0.136. The van der Waals surface area contributed by atoms with Gasteiger partial charge < -0.3 is 15.0 Å². The highest BCUT2D eigenvalue weighted by molar-refractivity contribution is 5.77. The van der Waals surface area contributed by atoms with Crippen LogP contribution < -0.4 is 5.32 Å². The number of hydrogen-bond acceptors (Lipinski definition) is 3. The van der Waals surface area contributed by atoms with E-state index in [4.69, 9.17) is 4.74 Å². The molecule has 1 heterocycles. The number of amides is 1. The number of unbranched alkanes of at least 4 members (excludes halogenated alkanes) is 5. The Balaban J connectivity index is 1.94. The topological polar surface area (TPSA) is 41.6 Å². The molecule has 4 heteroatoms. The van der Waals surface area contributed by atoms with Gasteiger partial charge in [0.2, 0.25) is 5.91 Å². The van der Waals surface area contributed by atoms with Crippen molar-refractivity contribution in [3.8, 4) is 0 Å². The van der Waals surface area contributed by atoms with Crippen LogP contribution in [0.1, 0.15) is 51.9 Å². The Morgan fingerprint density at radius 1 is 1.11 bits per heavy atom. The summed E-state index contributed by atoms with van der Waals surface area (Å²) in [6.45, 7) is 6.82. The van der Waals surface area contributed by atoms with Crippen molar-refractivity contribution in [2.24, 2.45) is 0 Å². The van der Waals surface area contributed by atoms with Crippen molar-refractivity contribution in [3.05, 3.63) is 0 Å². The number of ether oxygens (including phenoxy) is 1. The molecule has 1 aliphatic rings. The summed E-state index contributed by atoms with van der Waals surface area (Å²) in [5.41, 5.74) is 0. The number of hydrogen-bond donors (Lipinski definition) is 1. The van der Waals surface area contributed by atoms with Crippen LogP contribution in [-0.4, -0.2) is 50.2 Å². The van der Waals surface area contributed by atoms with Crippen molar-refractivity contribution >= 4 is 5.91 Å². The van der Waals surface area contributed by atoms with Gasteiger partial charge in [0.1, 0.15) is 6.61 Å². The van der Waals surface area contributed by atoms with Crippen LogP contribution in [0.25, 0.3) is 0 Å². The summed E-state index contributed by atoms with van der Waals surface area (Å²) in [5.74, 6) is 0.148. The fourth-order valence-electron chi connectivity index (χ4n) is 2.33. The highest BCUT2D eigenvalue weighted by Crippen LogP contribution is 2.05. The number of rotatable bonds is 9. The van der Waals surface area contributed by atoms with Gasteiger partial charge in [-0.3, -0.25) is 4.79 Å². The van der Waals surface area contributed by atoms with Crippen molar-refractivity contribution in [3.63, 3.8) is 0 Å². The van der Waals surface area contributed by atoms with Crippen LogP contribution in [0.2, 0.25) is 0 Å². The molecule has 0 bridgehead atoms. The zero-order chi connectivity index (χ0) is 13.8. The molecule has 19 heavy (non-hydrogen) atoms. The summed E-state index contributed by atoms with van der Waals surface area (Å²) in [5, 5.41) is 3.30. The van der Waals surface area contributed by atoms with E-state index >= 15 is 0 Å². The van der Waals surface area contributed by atoms with E-state index in [1.807, 2.05) is 4.90 Å². The quantitative estimate of drug-likeness (QED) is 0.653.